The van der Waals surface area contributed by atoms with Crippen LogP contribution in [0, 0.1) is 11.7 Å². The highest BCUT2D eigenvalue weighted by Crippen LogP contribution is 2.32. The van der Waals surface area contributed by atoms with Crippen LogP contribution in [0.5, 0.6) is 0 Å². The topological polar surface area (TPSA) is 32.3 Å². The molecule has 0 spiro atoms. The molecule has 0 radical (unpaired) electrons. The Balaban J connectivity index is 1.71. The van der Waals surface area contributed by atoms with Crippen molar-refractivity contribution in [3.8, 4) is 0 Å². The number of hydrogen-bond acceptors (Lipinski definition) is 2. The van der Waals surface area contributed by atoms with Crippen molar-refractivity contribution in [1.82, 2.24) is 0 Å². The van der Waals surface area contributed by atoms with E-state index in [1.54, 1.807) is 12.1 Å². The highest BCUT2D eigenvalue weighted by Gasteiger charge is 2.18. The van der Waals surface area contributed by atoms with Crippen molar-refractivity contribution in [2.45, 2.75) is 19.8 Å². The Labute approximate surface area is 146 Å². The van der Waals surface area contributed by atoms with Crippen molar-refractivity contribution in [3.05, 3.63) is 58.9 Å². The Hall–Kier alpha value is -2.07. The number of benzene rings is 2. The van der Waals surface area contributed by atoms with Crippen molar-refractivity contribution in [2.24, 2.45) is 5.92 Å². The molecule has 0 unspecified atom stereocenters. The summed E-state index contributed by atoms with van der Waals surface area (Å²) >= 11 is 6.40. The van der Waals surface area contributed by atoms with Crippen LogP contribution in [0.3, 0.4) is 0 Å². The van der Waals surface area contributed by atoms with Crippen molar-refractivity contribution >= 4 is 28.9 Å². The lowest BCUT2D eigenvalue weighted by Gasteiger charge is -2.32. The smallest absolute Gasteiger partial charge is 0.255 e. The van der Waals surface area contributed by atoms with Crippen molar-refractivity contribution in [1.29, 1.82) is 0 Å². The highest BCUT2D eigenvalue weighted by atomic mass is 35.5. The molecule has 0 aromatic heterocycles. The van der Waals surface area contributed by atoms with Gasteiger partial charge < -0.3 is 10.2 Å². The van der Waals surface area contributed by atoms with Gasteiger partial charge in [0.1, 0.15) is 5.82 Å². The highest BCUT2D eigenvalue weighted by molar-refractivity contribution is 6.33. The summed E-state index contributed by atoms with van der Waals surface area (Å²) in [4.78, 5) is 14.4. The summed E-state index contributed by atoms with van der Waals surface area (Å²) in [5.41, 5.74) is 1.87. The summed E-state index contributed by atoms with van der Waals surface area (Å²) in [5.74, 6) is -0.0367. The Kier molecular flexibility index (Phi) is 5.05. The summed E-state index contributed by atoms with van der Waals surface area (Å²) in [6.45, 7) is 4.26. The van der Waals surface area contributed by atoms with Crippen LogP contribution in [0.2, 0.25) is 5.02 Å². The average molecular weight is 347 g/mol. The average Bonchev–Trinajstić information content (AvgIpc) is 2.56. The second-order valence-corrected chi connectivity index (χ2v) is 6.71. The molecule has 126 valence electrons. The lowest BCUT2D eigenvalue weighted by Crippen LogP contribution is -2.32. The molecular weight excluding hydrogens is 327 g/mol. The van der Waals surface area contributed by atoms with Crippen LogP contribution in [-0.4, -0.2) is 19.0 Å². The van der Waals surface area contributed by atoms with E-state index in [1.807, 2.05) is 12.1 Å². The van der Waals surface area contributed by atoms with Gasteiger partial charge in [0.2, 0.25) is 0 Å². The molecule has 3 nitrogen and oxygen atoms in total. The van der Waals surface area contributed by atoms with Gasteiger partial charge in [0.15, 0.2) is 0 Å². The molecule has 1 fully saturated rings. The molecule has 0 bridgehead atoms. The molecule has 1 aliphatic heterocycles. The Bertz CT molecular complexity index is 742. The lowest BCUT2D eigenvalue weighted by molar-refractivity contribution is 0.102. The largest absolute Gasteiger partial charge is 0.370 e. The van der Waals surface area contributed by atoms with Crippen LogP contribution < -0.4 is 10.2 Å². The predicted octanol–water partition coefficient (Wildman–Crippen LogP) is 4.97. The number of halogens is 2. The zero-order valence-electron chi connectivity index (χ0n) is 13.6. The van der Waals surface area contributed by atoms with Crippen LogP contribution in [0.1, 0.15) is 30.1 Å². The quantitative estimate of drug-likeness (QED) is 0.851. The van der Waals surface area contributed by atoms with E-state index in [0.29, 0.717) is 10.7 Å². The lowest BCUT2D eigenvalue weighted by atomic mass is 9.99. The molecular formula is C19H20ClFN2O. The van der Waals surface area contributed by atoms with Gasteiger partial charge in [0.05, 0.1) is 10.7 Å². The van der Waals surface area contributed by atoms with Gasteiger partial charge in [-0.1, -0.05) is 24.6 Å². The maximum absolute atomic E-state index is 13.2. The number of carbonyl (C=O) groups is 1. The minimum absolute atomic E-state index is 0.278. The molecule has 5 heteroatoms. The number of nitrogens with zero attached hydrogens (tertiary/aromatic N) is 1. The molecule has 0 saturated carbocycles. The summed E-state index contributed by atoms with van der Waals surface area (Å²) in [6.07, 6.45) is 2.32. The maximum atomic E-state index is 13.2. The number of hydrogen-bond donors (Lipinski definition) is 1. The Morgan fingerprint density at radius 1 is 1.21 bits per heavy atom. The van der Waals surface area contributed by atoms with Crippen molar-refractivity contribution in [3.63, 3.8) is 0 Å². The van der Waals surface area contributed by atoms with E-state index in [-0.39, 0.29) is 11.5 Å². The fourth-order valence-electron chi connectivity index (χ4n) is 2.92. The van der Waals surface area contributed by atoms with Crippen LogP contribution in [0.15, 0.2) is 42.5 Å². The number of nitrogens with one attached hydrogen (secondary N) is 1. The molecule has 3 rings (SSSR count). The first-order valence-corrected chi connectivity index (χ1v) is 8.52. The molecule has 1 N–H and O–H groups in total. The van der Waals surface area contributed by atoms with Gasteiger partial charge in [0, 0.05) is 24.3 Å². The monoisotopic (exact) mass is 346 g/mol. The van der Waals surface area contributed by atoms with Crippen molar-refractivity contribution in [2.75, 3.05) is 23.3 Å². The van der Waals surface area contributed by atoms with Gasteiger partial charge in [-0.05, 0) is 55.2 Å². The molecule has 0 atom stereocenters. The third kappa shape index (κ3) is 3.88. The zero-order valence-corrected chi connectivity index (χ0v) is 14.3. The number of amides is 1. The number of carbonyl (C=O) groups excluding carboxylic acids is 1. The Morgan fingerprint density at radius 2 is 1.96 bits per heavy atom. The third-order valence-corrected chi connectivity index (χ3v) is 4.72. The van der Waals surface area contributed by atoms with Crippen LogP contribution in [0.4, 0.5) is 15.8 Å². The van der Waals surface area contributed by atoms with E-state index >= 15 is 0 Å². The standard InChI is InChI=1S/C19H20ClFN2O/c1-13-7-9-23(10-8-13)18-6-5-16(12-17(18)20)22-19(24)14-3-2-4-15(21)11-14/h2-6,11-13H,7-10H2,1H3,(H,22,24). The third-order valence-electron chi connectivity index (χ3n) is 4.42. The first-order valence-electron chi connectivity index (χ1n) is 8.14. The normalized spacial score (nSPS) is 15.4. The van der Waals surface area contributed by atoms with Crippen LogP contribution >= 0.6 is 11.6 Å². The van der Waals surface area contributed by atoms with E-state index in [1.165, 1.54) is 18.2 Å². The predicted molar refractivity (Wildman–Crippen MR) is 96.4 cm³/mol. The van der Waals surface area contributed by atoms with Gasteiger partial charge in [-0.2, -0.15) is 0 Å². The molecule has 2 aromatic carbocycles. The van der Waals surface area contributed by atoms with Gasteiger partial charge in [-0.15, -0.1) is 0 Å². The number of rotatable bonds is 3. The van der Waals surface area contributed by atoms with E-state index in [9.17, 15) is 9.18 Å². The van der Waals surface area contributed by atoms with Gasteiger partial charge in [-0.25, -0.2) is 4.39 Å². The molecule has 1 aliphatic rings. The molecule has 1 saturated heterocycles. The minimum atomic E-state index is -0.435. The minimum Gasteiger partial charge on any atom is -0.370 e. The first kappa shape index (κ1) is 16.8. The van der Waals surface area contributed by atoms with Gasteiger partial charge in [0.25, 0.3) is 5.91 Å². The Morgan fingerprint density at radius 3 is 2.62 bits per heavy atom. The van der Waals surface area contributed by atoms with E-state index in [4.69, 9.17) is 11.6 Å². The number of anilines is 2. The molecule has 24 heavy (non-hydrogen) atoms. The van der Waals surface area contributed by atoms with E-state index in [0.717, 1.165) is 37.5 Å². The van der Waals surface area contributed by atoms with Gasteiger partial charge in [-0.3, -0.25) is 4.79 Å². The summed E-state index contributed by atoms with van der Waals surface area (Å²) in [7, 11) is 0. The second-order valence-electron chi connectivity index (χ2n) is 6.30. The van der Waals surface area contributed by atoms with Crippen molar-refractivity contribution < 1.29 is 9.18 Å². The molecule has 1 heterocycles. The van der Waals surface area contributed by atoms with Crippen LogP contribution in [0.25, 0.3) is 0 Å². The summed E-state index contributed by atoms with van der Waals surface area (Å²) in [5, 5.41) is 3.37. The molecule has 1 amide bonds. The molecule has 2 aromatic rings. The van der Waals surface area contributed by atoms with E-state index in [2.05, 4.69) is 17.1 Å². The molecule has 0 aliphatic carbocycles. The zero-order chi connectivity index (χ0) is 17.1. The second kappa shape index (κ2) is 7.22. The summed E-state index contributed by atoms with van der Waals surface area (Å²) < 4.78 is 13.2. The first-order chi connectivity index (χ1) is 11.5. The number of piperidine rings is 1. The fourth-order valence-corrected chi connectivity index (χ4v) is 3.22. The van der Waals surface area contributed by atoms with Gasteiger partial charge >= 0.3 is 0 Å². The SMILES string of the molecule is CC1CCN(c2ccc(NC(=O)c3cccc(F)c3)cc2Cl)CC1. The van der Waals surface area contributed by atoms with E-state index < -0.39 is 5.82 Å². The summed E-state index contributed by atoms with van der Waals surface area (Å²) in [6, 6.07) is 11.1. The van der Waals surface area contributed by atoms with Crippen LogP contribution in [-0.2, 0) is 0 Å². The maximum Gasteiger partial charge on any atom is 0.255 e. The fraction of sp³-hybridized carbons (Fsp3) is 0.316.